The van der Waals surface area contributed by atoms with Gasteiger partial charge in [0.2, 0.25) is 10.0 Å². The van der Waals surface area contributed by atoms with Crippen molar-refractivity contribution in [2.45, 2.75) is 38.3 Å². The van der Waals surface area contributed by atoms with E-state index in [1.54, 1.807) is 0 Å². The third-order valence-electron chi connectivity index (χ3n) is 2.29. The molecule has 2 atom stereocenters. The highest BCUT2D eigenvalue weighted by atomic mass is 32.2. The Hall–Kier alpha value is -0.660. The molecule has 0 radical (unpaired) electrons. The number of aliphatic carboxylic acids is 1. The summed E-state index contributed by atoms with van der Waals surface area (Å²) in [4.78, 5) is 10.4. The number of nitrogens with one attached hydrogen (secondary N) is 1. The molecule has 1 fully saturated rings. The molecule has 7 heteroatoms. The Morgan fingerprint density at radius 1 is 1.62 bits per heavy atom. The standard InChI is InChI=1S/C9H17NO5S/c1-7(5-9(11)12)10-16(13,14)6-8-3-2-4-15-8/h7-8,10H,2-6H2,1H3,(H,11,12). The van der Waals surface area contributed by atoms with E-state index in [-0.39, 0.29) is 18.3 Å². The van der Waals surface area contributed by atoms with Crippen molar-refractivity contribution in [3.05, 3.63) is 0 Å². The van der Waals surface area contributed by atoms with Crippen LogP contribution in [0.15, 0.2) is 0 Å². The fourth-order valence-electron chi connectivity index (χ4n) is 1.68. The van der Waals surface area contributed by atoms with Gasteiger partial charge in [0.1, 0.15) is 0 Å². The molecule has 0 spiro atoms. The second-order valence-electron chi connectivity index (χ2n) is 4.03. The number of carboxylic acid groups (broad SMARTS) is 1. The lowest BCUT2D eigenvalue weighted by molar-refractivity contribution is -0.137. The molecule has 2 N–H and O–H groups in total. The number of carbonyl (C=O) groups is 1. The van der Waals surface area contributed by atoms with Gasteiger partial charge in [0.05, 0.1) is 18.3 Å². The van der Waals surface area contributed by atoms with Gasteiger partial charge >= 0.3 is 5.97 Å². The molecule has 0 amide bonds. The first kappa shape index (κ1) is 13.4. The Balaban J connectivity index is 2.41. The maximum Gasteiger partial charge on any atom is 0.304 e. The normalized spacial score (nSPS) is 23.2. The van der Waals surface area contributed by atoms with Crippen molar-refractivity contribution in [2.75, 3.05) is 12.4 Å². The minimum atomic E-state index is -3.45. The molecule has 0 aliphatic carbocycles. The van der Waals surface area contributed by atoms with Crippen LogP contribution in [0.2, 0.25) is 0 Å². The lowest BCUT2D eigenvalue weighted by Crippen LogP contribution is -2.38. The highest BCUT2D eigenvalue weighted by molar-refractivity contribution is 7.89. The summed E-state index contributed by atoms with van der Waals surface area (Å²) < 4.78 is 30.7. The summed E-state index contributed by atoms with van der Waals surface area (Å²) in [7, 11) is -3.45. The highest BCUT2D eigenvalue weighted by Crippen LogP contribution is 2.13. The van der Waals surface area contributed by atoms with E-state index in [9.17, 15) is 13.2 Å². The predicted octanol–water partition coefficient (Wildman–Crippen LogP) is -0.0520. The summed E-state index contributed by atoms with van der Waals surface area (Å²) in [6.07, 6.45) is 1.15. The summed E-state index contributed by atoms with van der Waals surface area (Å²) in [5.41, 5.74) is 0. The lowest BCUT2D eigenvalue weighted by Gasteiger charge is -2.14. The zero-order valence-corrected chi connectivity index (χ0v) is 10.00. The Bertz CT molecular complexity index is 334. The molecule has 0 bridgehead atoms. The molecule has 2 unspecified atom stereocenters. The Kier molecular flexibility index (Phi) is 4.69. The maximum absolute atomic E-state index is 11.6. The predicted molar refractivity (Wildman–Crippen MR) is 57.6 cm³/mol. The van der Waals surface area contributed by atoms with E-state index in [1.807, 2.05) is 0 Å². The zero-order valence-electron chi connectivity index (χ0n) is 9.18. The Labute approximate surface area is 95.0 Å². The number of sulfonamides is 1. The van der Waals surface area contributed by atoms with Gasteiger partial charge in [0.25, 0.3) is 0 Å². The van der Waals surface area contributed by atoms with Crippen molar-refractivity contribution in [3.8, 4) is 0 Å². The second-order valence-corrected chi connectivity index (χ2v) is 5.83. The number of hydrogen-bond donors (Lipinski definition) is 2. The molecule has 0 aromatic carbocycles. The summed E-state index contributed by atoms with van der Waals surface area (Å²) in [6.45, 7) is 2.13. The fourth-order valence-corrected chi connectivity index (χ4v) is 3.22. The van der Waals surface area contributed by atoms with Crippen LogP contribution >= 0.6 is 0 Å². The zero-order chi connectivity index (χ0) is 12.2. The molecule has 1 rings (SSSR count). The van der Waals surface area contributed by atoms with Crippen LogP contribution in [-0.4, -0.2) is 44.0 Å². The van der Waals surface area contributed by atoms with Gasteiger partial charge in [-0.05, 0) is 19.8 Å². The van der Waals surface area contributed by atoms with Gasteiger partial charge in [-0.1, -0.05) is 0 Å². The van der Waals surface area contributed by atoms with Gasteiger partial charge in [-0.25, -0.2) is 13.1 Å². The molecule has 6 nitrogen and oxygen atoms in total. The summed E-state index contributed by atoms with van der Waals surface area (Å²) in [6, 6.07) is -0.594. The van der Waals surface area contributed by atoms with Gasteiger partial charge < -0.3 is 9.84 Å². The van der Waals surface area contributed by atoms with Crippen molar-refractivity contribution in [1.29, 1.82) is 0 Å². The van der Waals surface area contributed by atoms with Gasteiger partial charge in [0, 0.05) is 12.6 Å². The third-order valence-corrected chi connectivity index (χ3v) is 3.86. The average Bonchev–Trinajstić information content (AvgIpc) is 2.51. The molecule has 94 valence electrons. The van der Waals surface area contributed by atoms with Crippen LogP contribution < -0.4 is 4.72 Å². The van der Waals surface area contributed by atoms with E-state index in [1.165, 1.54) is 6.92 Å². The third kappa shape index (κ3) is 4.91. The van der Waals surface area contributed by atoms with Crippen molar-refractivity contribution >= 4 is 16.0 Å². The SMILES string of the molecule is CC(CC(=O)O)NS(=O)(=O)CC1CCCO1. The van der Waals surface area contributed by atoms with Crippen LogP contribution in [-0.2, 0) is 19.6 Å². The molecule has 16 heavy (non-hydrogen) atoms. The average molecular weight is 251 g/mol. The molecule has 1 aliphatic heterocycles. The summed E-state index contributed by atoms with van der Waals surface area (Å²) in [5, 5.41) is 8.51. The Morgan fingerprint density at radius 2 is 2.31 bits per heavy atom. The number of rotatable bonds is 6. The van der Waals surface area contributed by atoms with Crippen LogP contribution in [0.1, 0.15) is 26.2 Å². The number of hydrogen-bond acceptors (Lipinski definition) is 4. The summed E-state index contributed by atoms with van der Waals surface area (Å²) in [5.74, 6) is -1.11. The molecular formula is C9H17NO5S. The number of ether oxygens (including phenoxy) is 1. The van der Waals surface area contributed by atoms with Crippen LogP contribution in [0.4, 0.5) is 0 Å². The smallest absolute Gasteiger partial charge is 0.304 e. The molecule has 1 heterocycles. The van der Waals surface area contributed by atoms with Gasteiger partial charge in [-0.3, -0.25) is 4.79 Å². The molecular weight excluding hydrogens is 234 g/mol. The van der Waals surface area contributed by atoms with Crippen LogP contribution in [0.5, 0.6) is 0 Å². The second kappa shape index (κ2) is 5.60. The Morgan fingerprint density at radius 3 is 2.81 bits per heavy atom. The first-order valence-electron chi connectivity index (χ1n) is 5.22. The van der Waals surface area contributed by atoms with Crippen LogP contribution in [0.3, 0.4) is 0 Å². The highest BCUT2D eigenvalue weighted by Gasteiger charge is 2.24. The number of carboxylic acids is 1. The molecule has 1 saturated heterocycles. The van der Waals surface area contributed by atoms with Crippen molar-refractivity contribution in [1.82, 2.24) is 4.72 Å². The van der Waals surface area contributed by atoms with E-state index in [4.69, 9.17) is 9.84 Å². The minimum Gasteiger partial charge on any atom is -0.481 e. The quantitative estimate of drug-likeness (QED) is 0.690. The van der Waals surface area contributed by atoms with Crippen molar-refractivity contribution in [3.63, 3.8) is 0 Å². The van der Waals surface area contributed by atoms with Crippen molar-refractivity contribution in [2.24, 2.45) is 0 Å². The van der Waals surface area contributed by atoms with Gasteiger partial charge in [0.15, 0.2) is 0 Å². The van der Waals surface area contributed by atoms with E-state index in [0.717, 1.165) is 12.8 Å². The monoisotopic (exact) mass is 251 g/mol. The maximum atomic E-state index is 11.6. The molecule has 1 aliphatic rings. The first-order valence-corrected chi connectivity index (χ1v) is 6.87. The fraction of sp³-hybridized carbons (Fsp3) is 0.889. The molecule has 0 saturated carbocycles. The van der Waals surface area contributed by atoms with E-state index in [2.05, 4.69) is 4.72 Å². The molecule has 0 aromatic rings. The first-order chi connectivity index (χ1) is 7.39. The minimum absolute atomic E-state index is 0.0864. The lowest BCUT2D eigenvalue weighted by atomic mass is 10.3. The van der Waals surface area contributed by atoms with Crippen LogP contribution in [0.25, 0.3) is 0 Å². The van der Waals surface area contributed by atoms with E-state index < -0.39 is 22.0 Å². The molecule has 0 aromatic heterocycles. The van der Waals surface area contributed by atoms with Crippen LogP contribution in [0, 0.1) is 0 Å². The summed E-state index contributed by atoms with van der Waals surface area (Å²) >= 11 is 0. The van der Waals surface area contributed by atoms with E-state index >= 15 is 0 Å². The van der Waals surface area contributed by atoms with Gasteiger partial charge in [-0.2, -0.15) is 0 Å². The van der Waals surface area contributed by atoms with Crippen molar-refractivity contribution < 1.29 is 23.1 Å². The van der Waals surface area contributed by atoms with E-state index in [0.29, 0.717) is 6.61 Å². The topological polar surface area (TPSA) is 92.7 Å². The largest absolute Gasteiger partial charge is 0.481 e. The van der Waals surface area contributed by atoms with Gasteiger partial charge in [-0.15, -0.1) is 0 Å².